The van der Waals surface area contributed by atoms with Crippen LogP contribution in [0.25, 0.3) is 27.6 Å². The summed E-state index contributed by atoms with van der Waals surface area (Å²) in [5.41, 5.74) is 12.6. The van der Waals surface area contributed by atoms with Gasteiger partial charge in [-0.25, -0.2) is 0 Å². The van der Waals surface area contributed by atoms with E-state index in [9.17, 15) is 4.79 Å². The molecule has 2 aliphatic rings. The van der Waals surface area contributed by atoms with Gasteiger partial charge >= 0.3 is 0 Å². The molecule has 1 atom stereocenters. The number of nitrogens with zero attached hydrogens (tertiary/aromatic N) is 4. The summed E-state index contributed by atoms with van der Waals surface area (Å²) in [5, 5.41) is 6.48. The van der Waals surface area contributed by atoms with Crippen LogP contribution in [0.4, 0.5) is 0 Å². The maximum atomic E-state index is 12.1. The number of amides is 1. The topological polar surface area (TPSA) is 85.7 Å². The molecule has 3 heterocycles. The summed E-state index contributed by atoms with van der Waals surface area (Å²) < 4.78 is 7.32. The van der Waals surface area contributed by atoms with E-state index < -0.39 is 0 Å². The van der Waals surface area contributed by atoms with Gasteiger partial charge in [-0.3, -0.25) is 14.5 Å². The number of piperidine rings is 1. The zero-order chi connectivity index (χ0) is 22.9. The molecule has 2 saturated heterocycles. The number of ether oxygens (including phenoxy) is 1. The van der Waals surface area contributed by atoms with Gasteiger partial charge in [0, 0.05) is 74.4 Å². The van der Waals surface area contributed by atoms with Crippen molar-refractivity contribution in [1.29, 1.82) is 0 Å². The molecule has 5 rings (SSSR count). The second-order valence-electron chi connectivity index (χ2n) is 8.82. The highest BCUT2D eigenvalue weighted by molar-refractivity contribution is 6.10. The van der Waals surface area contributed by atoms with Gasteiger partial charge in [-0.05, 0) is 28.8 Å². The number of hydrogen-bond donors (Lipinski definition) is 1. The summed E-state index contributed by atoms with van der Waals surface area (Å²) in [5.74, 6) is 0.0579. The van der Waals surface area contributed by atoms with Crippen molar-refractivity contribution in [2.75, 3.05) is 26.3 Å². The zero-order valence-electron chi connectivity index (χ0n) is 19.1. The molecule has 170 valence electrons. The quantitative estimate of drug-likeness (QED) is 0.672. The first kappa shape index (κ1) is 21.4. The molecule has 0 radical (unpaired) electrons. The van der Waals surface area contributed by atoms with Crippen molar-refractivity contribution in [2.24, 2.45) is 17.8 Å². The van der Waals surface area contributed by atoms with E-state index in [1.54, 1.807) is 11.6 Å². The van der Waals surface area contributed by atoms with Crippen LogP contribution in [0.5, 0.6) is 0 Å². The highest BCUT2D eigenvalue weighted by atomic mass is 16.5. The van der Waals surface area contributed by atoms with Crippen LogP contribution in [0.3, 0.4) is 0 Å². The minimum absolute atomic E-state index is 0.0579. The molecule has 7 heteroatoms. The van der Waals surface area contributed by atoms with Crippen LogP contribution in [-0.4, -0.2) is 58.6 Å². The Morgan fingerprint density at radius 3 is 2.85 bits per heavy atom. The lowest BCUT2D eigenvalue weighted by Crippen LogP contribution is -2.40. The number of hydrogen-bond acceptors (Lipinski definition) is 5. The SMILES string of the molecule is CC(=O)N1CCC(=N[C@H]2CCOC2)/C(=C(\N)c2cccc3cc(-c4cnn(C)c4)ccc23)C1. The maximum absolute atomic E-state index is 12.1. The highest BCUT2D eigenvalue weighted by Crippen LogP contribution is 2.31. The molecule has 2 N–H and O–H groups in total. The van der Waals surface area contributed by atoms with Crippen molar-refractivity contribution in [3.05, 3.63) is 59.9 Å². The summed E-state index contributed by atoms with van der Waals surface area (Å²) in [7, 11) is 1.92. The van der Waals surface area contributed by atoms with Gasteiger partial charge in [0.1, 0.15) is 0 Å². The van der Waals surface area contributed by atoms with Gasteiger partial charge in [-0.15, -0.1) is 0 Å². The van der Waals surface area contributed by atoms with Crippen LogP contribution < -0.4 is 5.73 Å². The summed E-state index contributed by atoms with van der Waals surface area (Å²) >= 11 is 0. The van der Waals surface area contributed by atoms with E-state index in [4.69, 9.17) is 15.5 Å². The van der Waals surface area contributed by atoms with Crippen molar-refractivity contribution >= 4 is 28.1 Å². The van der Waals surface area contributed by atoms with Crippen molar-refractivity contribution in [2.45, 2.75) is 25.8 Å². The summed E-state index contributed by atoms with van der Waals surface area (Å²) in [4.78, 5) is 19.0. The minimum atomic E-state index is 0.0579. The van der Waals surface area contributed by atoms with Gasteiger partial charge < -0.3 is 15.4 Å². The van der Waals surface area contributed by atoms with E-state index in [2.05, 4.69) is 35.4 Å². The smallest absolute Gasteiger partial charge is 0.219 e. The molecule has 2 aliphatic heterocycles. The number of aromatic nitrogens is 2. The molecular formula is C26H29N5O2. The molecule has 7 nitrogen and oxygen atoms in total. The highest BCUT2D eigenvalue weighted by Gasteiger charge is 2.26. The van der Waals surface area contributed by atoms with Gasteiger partial charge in [0.25, 0.3) is 0 Å². The monoisotopic (exact) mass is 443 g/mol. The van der Waals surface area contributed by atoms with Crippen molar-refractivity contribution < 1.29 is 9.53 Å². The standard InChI is InChI=1S/C26H29N5O2/c1-17(32)31-10-8-25(29-21-9-11-33-16-21)24(15-31)26(27)23-5-3-4-19-12-18(6-7-22(19)23)20-13-28-30(2)14-20/h3-7,12-14,21H,8-11,15-16,27H2,1-2H3/b26-24-,29-25?/t21-/m0/s1. The number of carbonyl (C=O) groups excluding carboxylic acids is 1. The summed E-state index contributed by atoms with van der Waals surface area (Å²) in [6.45, 7) is 4.16. The van der Waals surface area contributed by atoms with Crippen LogP contribution in [0.1, 0.15) is 25.3 Å². The predicted octanol–water partition coefficient (Wildman–Crippen LogP) is 3.39. The van der Waals surface area contributed by atoms with E-state index in [0.29, 0.717) is 31.8 Å². The average Bonchev–Trinajstić information content (AvgIpc) is 3.49. The molecular weight excluding hydrogens is 414 g/mol. The summed E-state index contributed by atoms with van der Waals surface area (Å²) in [6.07, 6.45) is 5.52. The first-order chi connectivity index (χ1) is 16.0. The summed E-state index contributed by atoms with van der Waals surface area (Å²) in [6, 6.07) is 12.7. The number of fused-ring (bicyclic) bond motifs is 1. The molecule has 0 saturated carbocycles. The van der Waals surface area contributed by atoms with Crippen LogP contribution >= 0.6 is 0 Å². The minimum Gasteiger partial charge on any atom is -0.398 e. The largest absolute Gasteiger partial charge is 0.398 e. The average molecular weight is 444 g/mol. The lowest BCUT2D eigenvalue weighted by atomic mass is 9.93. The van der Waals surface area contributed by atoms with Crippen LogP contribution in [0.2, 0.25) is 0 Å². The van der Waals surface area contributed by atoms with Crippen LogP contribution in [0.15, 0.2) is 59.4 Å². The molecule has 0 spiro atoms. The van der Waals surface area contributed by atoms with Crippen molar-refractivity contribution in [1.82, 2.24) is 14.7 Å². The van der Waals surface area contributed by atoms with E-state index >= 15 is 0 Å². The molecule has 2 aromatic carbocycles. The van der Waals surface area contributed by atoms with Gasteiger partial charge in [-0.2, -0.15) is 5.10 Å². The molecule has 1 amide bonds. The fraction of sp³-hybridized carbons (Fsp3) is 0.346. The molecule has 3 aromatic rings. The fourth-order valence-electron chi connectivity index (χ4n) is 4.68. The third-order valence-electron chi connectivity index (χ3n) is 6.54. The Morgan fingerprint density at radius 2 is 2.12 bits per heavy atom. The van der Waals surface area contributed by atoms with Crippen molar-refractivity contribution in [3.8, 4) is 11.1 Å². The van der Waals surface area contributed by atoms with E-state index in [0.717, 1.165) is 51.8 Å². The number of nitrogens with two attached hydrogens (primary N) is 1. The number of likely N-dealkylation sites (tertiary alicyclic amines) is 1. The third-order valence-corrected chi connectivity index (χ3v) is 6.54. The van der Waals surface area contributed by atoms with Gasteiger partial charge in [0.15, 0.2) is 0 Å². The number of benzene rings is 2. The molecule has 0 unspecified atom stereocenters. The lowest BCUT2D eigenvalue weighted by Gasteiger charge is -2.31. The third kappa shape index (κ3) is 4.28. The number of aliphatic imine (C=N–C) groups is 1. The predicted molar refractivity (Wildman–Crippen MR) is 131 cm³/mol. The Balaban J connectivity index is 1.59. The number of aryl methyl sites for hydroxylation is 1. The molecule has 33 heavy (non-hydrogen) atoms. The molecule has 0 bridgehead atoms. The molecule has 1 aromatic heterocycles. The normalized spacial score (nSPS) is 21.7. The van der Waals surface area contributed by atoms with Crippen LogP contribution in [-0.2, 0) is 16.6 Å². The number of carbonyl (C=O) groups is 1. The lowest BCUT2D eigenvalue weighted by molar-refractivity contribution is -0.128. The maximum Gasteiger partial charge on any atom is 0.219 e. The Kier molecular flexibility index (Phi) is 5.72. The zero-order valence-corrected chi connectivity index (χ0v) is 19.1. The Bertz CT molecular complexity index is 1270. The van der Waals surface area contributed by atoms with Crippen LogP contribution in [0, 0.1) is 0 Å². The Hall–Kier alpha value is -3.45. The Morgan fingerprint density at radius 1 is 1.24 bits per heavy atom. The second-order valence-corrected chi connectivity index (χ2v) is 8.82. The molecule has 0 aliphatic carbocycles. The first-order valence-electron chi connectivity index (χ1n) is 11.4. The van der Waals surface area contributed by atoms with Gasteiger partial charge in [0.05, 0.1) is 18.8 Å². The van der Waals surface area contributed by atoms with Crippen molar-refractivity contribution in [3.63, 3.8) is 0 Å². The molecule has 2 fully saturated rings. The Labute approximate surface area is 193 Å². The van der Waals surface area contributed by atoms with E-state index in [1.807, 2.05) is 30.4 Å². The number of rotatable bonds is 3. The second kappa shape index (κ2) is 8.83. The fourth-order valence-corrected chi connectivity index (χ4v) is 4.68. The van der Waals surface area contributed by atoms with Gasteiger partial charge in [0.2, 0.25) is 5.91 Å². The van der Waals surface area contributed by atoms with E-state index in [1.165, 1.54) is 0 Å². The van der Waals surface area contributed by atoms with E-state index in [-0.39, 0.29) is 11.9 Å². The van der Waals surface area contributed by atoms with Gasteiger partial charge in [-0.1, -0.05) is 30.3 Å². The first-order valence-corrected chi connectivity index (χ1v) is 11.4.